The quantitative estimate of drug-likeness (QED) is 0.757. The number of hydrogen-bond acceptors (Lipinski definition) is 4. The summed E-state index contributed by atoms with van der Waals surface area (Å²) in [6, 6.07) is 0.557. The number of nitrogens with zero attached hydrogens (tertiary/aromatic N) is 3. The van der Waals surface area contributed by atoms with Crippen molar-refractivity contribution in [1.82, 2.24) is 14.7 Å². The Balaban J connectivity index is 1.54. The molecule has 0 saturated carbocycles. The van der Waals surface area contributed by atoms with Gasteiger partial charge in [0.15, 0.2) is 0 Å². The van der Waals surface area contributed by atoms with Crippen molar-refractivity contribution in [3.63, 3.8) is 0 Å². The van der Waals surface area contributed by atoms with Gasteiger partial charge < -0.3 is 14.5 Å². The molecule has 3 rings (SSSR count). The molecule has 0 radical (unpaired) electrons. The van der Waals surface area contributed by atoms with Crippen molar-refractivity contribution in [3.8, 4) is 0 Å². The van der Waals surface area contributed by atoms with Gasteiger partial charge in [-0.2, -0.15) is 0 Å². The van der Waals surface area contributed by atoms with Gasteiger partial charge in [-0.05, 0) is 25.7 Å². The van der Waals surface area contributed by atoms with Gasteiger partial charge >= 0.3 is 0 Å². The van der Waals surface area contributed by atoms with Crippen molar-refractivity contribution in [2.24, 2.45) is 0 Å². The Kier molecular flexibility index (Phi) is 5.45. The molecule has 3 saturated heterocycles. The molecule has 0 aromatic carbocycles. The van der Waals surface area contributed by atoms with Crippen molar-refractivity contribution in [1.29, 1.82) is 0 Å². The van der Waals surface area contributed by atoms with Crippen LogP contribution in [0.5, 0.6) is 0 Å². The number of carbonyl (C=O) groups is 2. The lowest BCUT2D eigenvalue weighted by atomic mass is 9.81. The van der Waals surface area contributed by atoms with Gasteiger partial charge in [-0.15, -0.1) is 0 Å². The number of rotatable bonds is 2. The molecule has 136 valence electrons. The zero-order valence-corrected chi connectivity index (χ0v) is 15.1. The number of amides is 2. The standard InChI is InChI=1S/C18H31N3O3/c1-3-17(23)21-7-5-18(6-8-21)14-16(4-13-24-18)20-11-9-19(10-12-20)15(2)22/h16H,3-14H2,1-2H3/t16-/m1/s1. The van der Waals surface area contributed by atoms with E-state index in [-0.39, 0.29) is 17.4 Å². The van der Waals surface area contributed by atoms with Gasteiger partial charge in [0.1, 0.15) is 0 Å². The fourth-order valence-electron chi connectivity index (χ4n) is 4.45. The molecule has 3 heterocycles. The highest BCUT2D eigenvalue weighted by atomic mass is 16.5. The maximum absolute atomic E-state index is 11.9. The van der Waals surface area contributed by atoms with E-state index < -0.39 is 0 Å². The molecule has 3 fully saturated rings. The number of piperazine rings is 1. The summed E-state index contributed by atoms with van der Waals surface area (Å²) in [7, 11) is 0. The summed E-state index contributed by atoms with van der Waals surface area (Å²) in [6.45, 7) is 9.71. The van der Waals surface area contributed by atoms with Gasteiger partial charge in [-0.1, -0.05) is 6.92 Å². The minimum Gasteiger partial charge on any atom is -0.375 e. The predicted molar refractivity (Wildman–Crippen MR) is 91.6 cm³/mol. The van der Waals surface area contributed by atoms with Gasteiger partial charge in [0.05, 0.1) is 5.60 Å². The van der Waals surface area contributed by atoms with Crippen LogP contribution in [0.1, 0.15) is 46.0 Å². The van der Waals surface area contributed by atoms with E-state index in [1.807, 2.05) is 16.7 Å². The Hall–Kier alpha value is -1.14. The van der Waals surface area contributed by atoms with Gasteiger partial charge in [0.25, 0.3) is 0 Å². The molecule has 6 nitrogen and oxygen atoms in total. The van der Waals surface area contributed by atoms with Crippen molar-refractivity contribution >= 4 is 11.8 Å². The summed E-state index contributed by atoms with van der Waals surface area (Å²) in [6.07, 6.45) is 4.67. The smallest absolute Gasteiger partial charge is 0.222 e. The first kappa shape index (κ1) is 17.7. The van der Waals surface area contributed by atoms with E-state index in [9.17, 15) is 9.59 Å². The highest BCUT2D eigenvalue weighted by Crippen LogP contribution is 2.37. The van der Waals surface area contributed by atoms with Crippen LogP contribution in [0.4, 0.5) is 0 Å². The SMILES string of the molecule is CCC(=O)N1CCC2(CC1)C[C@H](N1CCN(C(C)=O)CC1)CCO2. The highest BCUT2D eigenvalue weighted by molar-refractivity contribution is 5.75. The molecule has 1 atom stereocenters. The molecule has 0 aromatic heterocycles. The van der Waals surface area contributed by atoms with E-state index in [0.717, 1.165) is 71.6 Å². The van der Waals surface area contributed by atoms with Crippen LogP contribution in [0.25, 0.3) is 0 Å². The third-order valence-electron chi connectivity index (χ3n) is 6.07. The topological polar surface area (TPSA) is 53.1 Å². The second-order valence-electron chi connectivity index (χ2n) is 7.45. The summed E-state index contributed by atoms with van der Waals surface area (Å²) in [5, 5.41) is 0. The Morgan fingerprint density at radius 1 is 1.04 bits per heavy atom. The van der Waals surface area contributed by atoms with E-state index in [1.54, 1.807) is 6.92 Å². The summed E-state index contributed by atoms with van der Waals surface area (Å²) < 4.78 is 6.22. The second-order valence-corrected chi connectivity index (χ2v) is 7.45. The molecular formula is C18H31N3O3. The first-order valence-corrected chi connectivity index (χ1v) is 9.44. The molecule has 0 aromatic rings. The Morgan fingerprint density at radius 2 is 1.71 bits per heavy atom. The first-order chi connectivity index (χ1) is 11.5. The summed E-state index contributed by atoms with van der Waals surface area (Å²) in [5.74, 6) is 0.448. The number of piperidine rings is 1. The maximum atomic E-state index is 11.9. The lowest BCUT2D eigenvalue weighted by molar-refractivity contribution is -0.151. The zero-order valence-electron chi connectivity index (χ0n) is 15.1. The van der Waals surface area contributed by atoms with Gasteiger partial charge in [0, 0.05) is 65.3 Å². The average Bonchev–Trinajstić information content (AvgIpc) is 2.62. The van der Waals surface area contributed by atoms with E-state index in [1.165, 1.54) is 0 Å². The fourth-order valence-corrected chi connectivity index (χ4v) is 4.45. The molecule has 0 bridgehead atoms. The molecule has 0 unspecified atom stereocenters. The molecule has 6 heteroatoms. The number of carbonyl (C=O) groups excluding carboxylic acids is 2. The fraction of sp³-hybridized carbons (Fsp3) is 0.889. The summed E-state index contributed by atoms with van der Waals surface area (Å²) in [5.41, 5.74) is -0.0366. The van der Waals surface area contributed by atoms with Gasteiger partial charge in [-0.3, -0.25) is 14.5 Å². The average molecular weight is 337 g/mol. The van der Waals surface area contributed by atoms with Gasteiger partial charge in [0.2, 0.25) is 11.8 Å². The Morgan fingerprint density at radius 3 is 2.29 bits per heavy atom. The van der Waals surface area contributed by atoms with E-state index in [2.05, 4.69) is 4.90 Å². The highest BCUT2D eigenvalue weighted by Gasteiger charge is 2.42. The van der Waals surface area contributed by atoms with E-state index in [4.69, 9.17) is 4.74 Å². The predicted octanol–water partition coefficient (Wildman–Crippen LogP) is 1.10. The first-order valence-electron chi connectivity index (χ1n) is 9.44. The lowest BCUT2D eigenvalue weighted by Crippen LogP contribution is -2.57. The molecule has 24 heavy (non-hydrogen) atoms. The van der Waals surface area contributed by atoms with Crippen molar-refractivity contribution in [2.75, 3.05) is 45.9 Å². The van der Waals surface area contributed by atoms with Gasteiger partial charge in [-0.25, -0.2) is 0 Å². The lowest BCUT2D eigenvalue weighted by Gasteiger charge is -2.49. The molecular weight excluding hydrogens is 306 g/mol. The third kappa shape index (κ3) is 3.75. The molecule has 0 N–H and O–H groups in total. The van der Waals surface area contributed by atoms with Crippen LogP contribution in [0.3, 0.4) is 0 Å². The van der Waals surface area contributed by atoms with Crippen LogP contribution in [-0.2, 0) is 14.3 Å². The van der Waals surface area contributed by atoms with Crippen LogP contribution in [-0.4, -0.2) is 84.0 Å². The molecule has 3 aliphatic heterocycles. The third-order valence-corrected chi connectivity index (χ3v) is 6.07. The molecule has 2 amide bonds. The van der Waals surface area contributed by atoms with E-state index in [0.29, 0.717) is 12.5 Å². The van der Waals surface area contributed by atoms with Crippen molar-refractivity contribution in [3.05, 3.63) is 0 Å². The van der Waals surface area contributed by atoms with Crippen LogP contribution in [0, 0.1) is 0 Å². The monoisotopic (exact) mass is 337 g/mol. The number of likely N-dealkylation sites (tertiary alicyclic amines) is 1. The Bertz CT molecular complexity index is 466. The number of hydrogen-bond donors (Lipinski definition) is 0. The van der Waals surface area contributed by atoms with E-state index >= 15 is 0 Å². The molecule has 3 aliphatic rings. The van der Waals surface area contributed by atoms with Crippen LogP contribution >= 0.6 is 0 Å². The van der Waals surface area contributed by atoms with Crippen molar-refractivity contribution < 1.29 is 14.3 Å². The number of ether oxygens (including phenoxy) is 1. The summed E-state index contributed by atoms with van der Waals surface area (Å²) in [4.78, 5) is 29.9. The molecule has 1 spiro atoms. The largest absolute Gasteiger partial charge is 0.375 e. The second kappa shape index (κ2) is 7.40. The van der Waals surface area contributed by atoms with Crippen LogP contribution in [0.2, 0.25) is 0 Å². The minimum atomic E-state index is -0.0366. The van der Waals surface area contributed by atoms with Crippen LogP contribution in [0.15, 0.2) is 0 Å². The summed E-state index contributed by atoms with van der Waals surface area (Å²) >= 11 is 0. The van der Waals surface area contributed by atoms with Crippen LogP contribution < -0.4 is 0 Å². The normalized spacial score (nSPS) is 28.2. The zero-order chi connectivity index (χ0) is 17.2. The maximum Gasteiger partial charge on any atom is 0.222 e. The molecule has 0 aliphatic carbocycles. The van der Waals surface area contributed by atoms with Crippen molar-refractivity contribution in [2.45, 2.75) is 57.6 Å². The Labute approximate surface area is 145 Å². The minimum absolute atomic E-state index is 0.0366.